The van der Waals surface area contributed by atoms with Crippen molar-refractivity contribution in [3.8, 4) is 5.75 Å². The number of hydrogen-bond donors (Lipinski definition) is 1. The van der Waals surface area contributed by atoms with Gasteiger partial charge in [0.25, 0.3) is 0 Å². The predicted molar refractivity (Wildman–Crippen MR) is 129 cm³/mol. The Morgan fingerprint density at radius 3 is 2.73 bits per heavy atom. The minimum atomic E-state index is -0.787. The zero-order chi connectivity index (χ0) is 21.6. The van der Waals surface area contributed by atoms with Crippen LogP contribution >= 0.6 is 23.5 Å². The van der Waals surface area contributed by atoms with E-state index in [4.69, 9.17) is 9.84 Å². The first-order valence-electron chi connectivity index (χ1n) is 10.4. The second-order valence-corrected chi connectivity index (χ2v) is 10.1. The van der Waals surface area contributed by atoms with Crippen molar-refractivity contribution < 1.29 is 14.6 Å². The molecule has 0 fully saturated rings. The first-order valence-corrected chi connectivity index (χ1v) is 12.6. The summed E-state index contributed by atoms with van der Waals surface area (Å²) >= 11 is 3.32. The summed E-state index contributed by atoms with van der Waals surface area (Å²) in [6, 6.07) is 14.9. The fourth-order valence-electron chi connectivity index (χ4n) is 3.83. The number of nitrogens with zero attached hydrogens (tertiary/aromatic N) is 1. The van der Waals surface area contributed by atoms with Crippen LogP contribution in [-0.4, -0.2) is 36.2 Å². The van der Waals surface area contributed by atoms with Crippen LogP contribution in [0.4, 0.5) is 11.4 Å². The molecule has 30 heavy (non-hydrogen) atoms. The second kappa shape index (κ2) is 10.5. The highest BCUT2D eigenvalue weighted by molar-refractivity contribution is 7.99. The van der Waals surface area contributed by atoms with Crippen molar-refractivity contribution in [2.24, 2.45) is 5.41 Å². The molecule has 0 saturated carbocycles. The summed E-state index contributed by atoms with van der Waals surface area (Å²) in [6.07, 6.45) is 3.64. The van der Waals surface area contributed by atoms with E-state index in [9.17, 15) is 4.79 Å². The highest BCUT2D eigenvalue weighted by Crippen LogP contribution is 2.47. The molecule has 1 N–H and O–H groups in total. The molecular weight excluding hydrogens is 414 g/mol. The summed E-state index contributed by atoms with van der Waals surface area (Å²) in [7, 11) is 1.69. The molecule has 1 aliphatic heterocycles. The highest BCUT2D eigenvalue weighted by atomic mass is 32.2. The average molecular weight is 446 g/mol. The number of fused-ring (bicyclic) bond motifs is 1. The molecule has 3 rings (SSSR count). The minimum absolute atomic E-state index is 0.0958. The van der Waals surface area contributed by atoms with Gasteiger partial charge in [-0.3, -0.25) is 4.79 Å². The minimum Gasteiger partial charge on any atom is -0.496 e. The Balaban J connectivity index is 2.00. The summed E-state index contributed by atoms with van der Waals surface area (Å²) in [5, 5.41) is 8.97. The molecule has 6 heteroatoms. The standard InChI is InChI=1S/C24H31NO3S2/c1-4-5-11-24(2)16-25(19-9-7-6-8-10-19)20-13-21(28-3)18(12-22(20)30-17-24)14-29-15-23(26)27/h6-10,12-13H,4-5,11,14-17H2,1-3H3,(H,26,27). The zero-order valence-corrected chi connectivity index (χ0v) is 19.7. The summed E-state index contributed by atoms with van der Waals surface area (Å²) in [5.74, 6) is 1.83. The van der Waals surface area contributed by atoms with Crippen LogP contribution in [0.2, 0.25) is 0 Å². The Labute approximate surface area is 188 Å². The van der Waals surface area contributed by atoms with E-state index >= 15 is 0 Å². The van der Waals surface area contributed by atoms with Gasteiger partial charge in [0.05, 0.1) is 18.6 Å². The third kappa shape index (κ3) is 5.67. The number of para-hydroxylation sites is 1. The third-order valence-electron chi connectivity index (χ3n) is 5.45. The van der Waals surface area contributed by atoms with Gasteiger partial charge in [-0.05, 0) is 30.0 Å². The molecule has 1 atom stereocenters. The molecular formula is C24H31NO3S2. The van der Waals surface area contributed by atoms with Crippen LogP contribution in [-0.2, 0) is 10.5 Å². The van der Waals surface area contributed by atoms with E-state index in [2.05, 4.69) is 61.2 Å². The van der Waals surface area contributed by atoms with Crippen LogP contribution in [0.15, 0.2) is 47.4 Å². The summed E-state index contributed by atoms with van der Waals surface area (Å²) in [5.41, 5.74) is 3.63. The third-order valence-corrected chi connectivity index (χ3v) is 7.90. The van der Waals surface area contributed by atoms with Gasteiger partial charge in [-0.1, -0.05) is 44.9 Å². The number of unbranched alkanes of at least 4 members (excludes halogenated alkanes) is 1. The Bertz CT molecular complexity index is 859. The maximum Gasteiger partial charge on any atom is 0.313 e. The first kappa shape index (κ1) is 22.9. The molecule has 0 bridgehead atoms. The van der Waals surface area contributed by atoms with Crippen molar-refractivity contribution in [1.82, 2.24) is 0 Å². The van der Waals surface area contributed by atoms with Gasteiger partial charge in [-0.15, -0.1) is 23.5 Å². The van der Waals surface area contributed by atoms with Crippen molar-refractivity contribution in [1.29, 1.82) is 0 Å². The normalized spacial score (nSPS) is 18.6. The number of carboxylic acid groups (broad SMARTS) is 1. The Kier molecular flexibility index (Phi) is 8.00. The molecule has 0 spiro atoms. The molecule has 0 saturated heterocycles. The lowest BCUT2D eigenvalue weighted by molar-refractivity contribution is -0.133. The molecule has 0 aliphatic carbocycles. The van der Waals surface area contributed by atoms with Crippen molar-refractivity contribution in [3.05, 3.63) is 48.0 Å². The van der Waals surface area contributed by atoms with Gasteiger partial charge in [-0.25, -0.2) is 0 Å². The highest BCUT2D eigenvalue weighted by Gasteiger charge is 2.33. The van der Waals surface area contributed by atoms with Crippen LogP contribution in [0.1, 0.15) is 38.7 Å². The van der Waals surface area contributed by atoms with E-state index in [0.29, 0.717) is 5.75 Å². The van der Waals surface area contributed by atoms with E-state index in [1.807, 2.05) is 11.8 Å². The number of carbonyl (C=O) groups is 1. The van der Waals surface area contributed by atoms with Crippen molar-refractivity contribution in [2.75, 3.05) is 30.1 Å². The van der Waals surface area contributed by atoms with Gasteiger partial charge < -0.3 is 14.7 Å². The second-order valence-electron chi connectivity index (χ2n) is 8.14. The molecule has 1 aliphatic rings. The fourth-order valence-corrected chi connectivity index (χ4v) is 5.83. The SMILES string of the molecule is CCCCC1(C)CSc2cc(CSCC(=O)O)c(OC)cc2N(c2ccccc2)C1. The molecule has 4 nitrogen and oxygen atoms in total. The molecule has 0 amide bonds. The average Bonchev–Trinajstić information content (AvgIpc) is 2.89. The zero-order valence-electron chi connectivity index (χ0n) is 18.0. The van der Waals surface area contributed by atoms with Gasteiger partial charge >= 0.3 is 5.97 Å². The van der Waals surface area contributed by atoms with Gasteiger partial charge in [0.15, 0.2) is 0 Å². The molecule has 162 valence electrons. The van der Waals surface area contributed by atoms with Crippen molar-refractivity contribution in [2.45, 2.75) is 43.8 Å². The van der Waals surface area contributed by atoms with Crippen LogP contribution < -0.4 is 9.64 Å². The lowest BCUT2D eigenvalue weighted by Gasteiger charge is -2.34. The van der Waals surface area contributed by atoms with Crippen LogP contribution in [0, 0.1) is 5.41 Å². The van der Waals surface area contributed by atoms with E-state index < -0.39 is 5.97 Å². The van der Waals surface area contributed by atoms with Crippen molar-refractivity contribution >= 4 is 40.9 Å². The van der Waals surface area contributed by atoms with Crippen LogP contribution in [0.3, 0.4) is 0 Å². The number of hydrogen-bond acceptors (Lipinski definition) is 5. The maximum atomic E-state index is 10.9. The van der Waals surface area contributed by atoms with Gasteiger partial charge in [0, 0.05) is 40.3 Å². The lowest BCUT2D eigenvalue weighted by Crippen LogP contribution is -2.33. The number of thioether (sulfide) groups is 2. The molecule has 1 unspecified atom stereocenters. The number of anilines is 2. The van der Waals surface area contributed by atoms with E-state index in [1.165, 1.54) is 47.3 Å². The maximum absolute atomic E-state index is 10.9. The van der Waals surface area contributed by atoms with Crippen molar-refractivity contribution in [3.63, 3.8) is 0 Å². The number of benzene rings is 2. The Morgan fingerprint density at radius 2 is 2.07 bits per heavy atom. The Hall–Kier alpha value is -1.79. The van der Waals surface area contributed by atoms with Crippen LogP contribution in [0.5, 0.6) is 5.75 Å². The lowest BCUT2D eigenvalue weighted by atomic mass is 9.86. The van der Waals surface area contributed by atoms with E-state index in [0.717, 1.165) is 23.6 Å². The number of methoxy groups -OCH3 is 1. The molecule has 2 aromatic carbocycles. The summed E-state index contributed by atoms with van der Waals surface area (Å²) in [4.78, 5) is 14.6. The topological polar surface area (TPSA) is 49.8 Å². The number of ether oxygens (including phenoxy) is 1. The van der Waals surface area contributed by atoms with Gasteiger partial charge in [-0.2, -0.15) is 0 Å². The summed E-state index contributed by atoms with van der Waals surface area (Å²) < 4.78 is 5.71. The van der Waals surface area contributed by atoms with Crippen LogP contribution in [0.25, 0.3) is 0 Å². The van der Waals surface area contributed by atoms with E-state index in [1.54, 1.807) is 7.11 Å². The number of rotatable bonds is 9. The molecule has 2 aromatic rings. The molecule has 0 aromatic heterocycles. The van der Waals surface area contributed by atoms with Gasteiger partial charge in [0.1, 0.15) is 5.75 Å². The molecule has 0 radical (unpaired) electrons. The smallest absolute Gasteiger partial charge is 0.313 e. The predicted octanol–water partition coefficient (Wildman–Crippen LogP) is 6.45. The number of aliphatic carboxylic acids is 1. The molecule has 1 heterocycles. The fraction of sp³-hybridized carbons (Fsp3) is 0.458. The summed E-state index contributed by atoms with van der Waals surface area (Å²) in [6.45, 7) is 5.62. The number of carboxylic acids is 1. The van der Waals surface area contributed by atoms with E-state index in [-0.39, 0.29) is 11.2 Å². The quantitative estimate of drug-likeness (QED) is 0.478. The van der Waals surface area contributed by atoms with Gasteiger partial charge in [0.2, 0.25) is 0 Å². The first-order chi connectivity index (χ1) is 14.5. The monoisotopic (exact) mass is 445 g/mol. The Morgan fingerprint density at radius 1 is 1.30 bits per heavy atom. The largest absolute Gasteiger partial charge is 0.496 e.